The van der Waals surface area contributed by atoms with Crippen LogP contribution < -0.4 is 10.2 Å². The Morgan fingerprint density at radius 2 is 1.79 bits per heavy atom. The van der Waals surface area contributed by atoms with E-state index in [9.17, 15) is 13.6 Å². The van der Waals surface area contributed by atoms with E-state index in [1.165, 1.54) is 23.0 Å². The van der Waals surface area contributed by atoms with Crippen LogP contribution in [0.1, 0.15) is 34.8 Å². The maximum Gasteiger partial charge on any atom is 0.257 e. The van der Waals surface area contributed by atoms with E-state index in [1.54, 1.807) is 0 Å². The van der Waals surface area contributed by atoms with Gasteiger partial charge in [0, 0.05) is 48.9 Å². The molecule has 34 heavy (non-hydrogen) atoms. The highest BCUT2D eigenvalue weighted by Gasteiger charge is 2.31. The third-order valence-electron chi connectivity index (χ3n) is 6.64. The van der Waals surface area contributed by atoms with Crippen LogP contribution in [0, 0.1) is 11.6 Å². The molecule has 1 amide bonds. The van der Waals surface area contributed by atoms with E-state index in [-0.39, 0.29) is 17.5 Å². The fraction of sp³-hybridized carbons (Fsp3) is 0.360. The lowest BCUT2D eigenvalue weighted by Gasteiger charge is -2.36. The number of piperazine rings is 1. The monoisotopic (exact) mass is 485 g/mol. The Labute approximate surface area is 202 Å². The first-order chi connectivity index (χ1) is 16.5. The molecule has 0 unspecified atom stereocenters. The van der Waals surface area contributed by atoms with Crippen LogP contribution in [0.3, 0.4) is 0 Å². The van der Waals surface area contributed by atoms with Crippen LogP contribution in [0.4, 0.5) is 14.5 Å². The van der Waals surface area contributed by atoms with Gasteiger partial charge < -0.3 is 15.1 Å². The number of carbonyl (C=O) groups is 1. The van der Waals surface area contributed by atoms with Gasteiger partial charge in [0.15, 0.2) is 5.82 Å². The third-order valence-corrected chi connectivity index (χ3v) is 6.88. The zero-order chi connectivity index (χ0) is 23.7. The Kier molecular flexibility index (Phi) is 6.52. The summed E-state index contributed by atoms with van der Waals surface area (Å²) in [4.78, 5) is 17.6. The molecule has 2 aliphatic rings. The SMILES string of the molecule is O=C(c1cnn(-c2ccc(F)cc2F)c1C1CCNCC1)N1CCN(c2cccc(Cl)c2)CC1. The smallest absolute Gasteiger partial charge is 0.257 e. The second-order valence-corrected chi connectivity index (χ2v) is 9.17. The molecule has 0 saturated carbocycles. The predicted octanol–water partition coefficient (Wildman–Crippen LogP) is 4.23. The zero-order valence-electron chi connectivity index (χ0n) is 18.7. The summed E-state index contributed by atoms with van der Waals surface area (Å²) in [5.41, 5.74) is 2.38. The standard InChI is InChI=1S/C25H26ClF2N5O/c26-18-2-1-3-20(14-18)31-10-12-32(13-11-31)25(34)21-16-30-33(23-5-4-19(27)15-22(23)28)24(21)17-6-8-29-9-7-17/h1-5,14-17,29H,6-13H2. The molecule has 6 nitrogen and oxygen atoms in total. The highest BCUT2D eigenvalue weighted by molar-refractivity contribution is 6.30. The summed E-state index contributed by atoms with van der Waals surface area (Å²) in [6.07, 6.45) is 3.17. The van der Waals surface area contributed by atoms with Crippen molar-refractivity contribution in [2.45, 2.75) is 18.8 Å². The van der Waals surface area contributed by atoms with Crippen molar-refractivity contribution in [2.24, 2.45) is 0 Å². The fourth-order valence-electron chi connectivity index (χ4n) is 4.87. The molecule has 2 saturated heterocycles. The molecule has 1 aromatic heterocycles. The van der Waals surface area contributed by atoms with Gasteiger partial charge >= 0.3 is 0 Å². The molecule has 9 heteroatoms. The molecule has 1 N–H and O–H groups in total. The van der Waals surface area contributed by atoms with Crippen LogP contribution in [0.2, 0.25) is 5.02 Å². The van der Waals surface area contributed by atoms with Crippen molar-refractivity contribution in [1.29, 1.82) is 0 Å². The maximum atomic E-state index is 14.7. The molecule has 5 rings (SSSR count). The summed E-state index contributed by atoms with van der Waals surface area (Å²) in [6, 6.07) is 11.1. The van der Waals surface area contributed by atoms with Gasteiger partial charge in [-0.1, -0.05) is 17.7 Å². The number of nitrogens with zero attached hydrogens (tertiary/aromatic N) is 4. The Morgan fingerprint density at radius 1 is 1.03 bits per heavy atom. The number of nitrogens with one attached hydrogen (secondary N) is 1. The molecule has 3 heterocycles. The predicted molar refractivity (Wildman–Crippen MR) is 128 cm³/mol. The first-order valence-electron chi connectivity index (χ1n) is 11.5. The minimum atomic E-state index is -0.701. The summed E-state index contributed by atoms with van der Waals surface area (Å²) < 4.78 is 29.7. The van der Waals surface area contributed by atoms with Crippen molar-refractivity contribution in [1.82, 2.24) is 20.0 Å². The van der Waals surface area contributed by atoms with Gasteiger partial charge in [-0.15, -0.1) is 0 Å². The highest BCUT2D eigenvalue weighted by Crippen LogP contribution is 2.32. The number of halogens is 3. The number of anilines is 1. The average molecular weight is 486 g/mol. The van der Waals surface area contributed by atoms with E-state index in [0.29, 0.717) is 42.5 Å². The fourth-order valence-corrected chi connectivity index (χ4v) is 5.05. The normalized spacial score (nSPS) is 17.3. The van der Waals surface area contributed by atoms with Crippen LogP contribution >= 0.6 is 11.6 Å². The zero-order valence-corrected chi connectivity index (χ0v) is 19.4. The van der Waals surface area contributed by atoms with E-state index in [1.807, 2.05) is 29.2 Å². The lowest BCUT2D eigenvalue weighted by Crippen LogP contribution is -2.49. The number of hydrogen-bond acceptors (Lipinski definition) is 4. The number of amides is 1. The van der Waals surface area contributed by atoms with Crippen molar-refractivity contribution >= 4 is 23.2 Å². The average Bonchev–Trinajstić information content (AvgIpc) is 3.29. The maximum absolute atomic E-state index is 14.7. The summed E-state index contributed by atoms with van der Waals surface area (Å²) in [6.45, 7) is 4.13. The molecule has 178 valence electrons. The molecule has 2 fully saturated rings. The number of aromatic nitrogens is 2. The molecule has 0 bridgehead atoms. The van der Waals surface area contributed by atoms with Crippen molar-refractivity contribution in [3.8, 4) is 5.69 Å². The van der Waals surface area contributed by atoms with Crippen LogP contribution in [0.15, 0.2) is 48.7 Å². The van der Waals surface area contributed by atoms with E-state index < -0.39 is 11.6 Å². The van der Waals surface area contributed by atoms with Gasteiger partial charge in [-0.3, -0.25) is 4.79 Å². The summed E-state index contributed by atoms with van der Waals surface area (Å²) in [5, 5.41) is 8.41. The summed E-state index contributed by atoms with van der Waals surface area (Å²) in [5.74, 6) is -1.40. The number of hydrogen-bond donors (Lipinski definition) is 1. The van der Waals surface area contributed by atoms with E-state index in [0.717, 1.165) is 37.7 Å². The largest absolute Gasteiger partial charge is 0.368 e. The molecular formula is C25H26ClF2N5O. The van der Waals surface area contributed by atoms with Gasteiger partial charge in [0.05, 0.1) is 17.5 Å². The number of rotatable bonds is 4. The minimum Gasteiger partial charge on any atom is -0.368 e. The number of benzene rings is 2. The topological polar surface area (TPSA) is 53.4 Å². The first-order valence-corrected chi connectivity index (χ1v) is 11.9. The summed E-state index contributed by atoms with van der Waals surface area (Å²) in [7, 11) is 0. The third kappa shape index (κ3) is 4.52. The molecule has 2 aliphatic heterocycles. The minimum absolute atomic E-state index is 0.0555. The van der Waals surface area contributed by atoms with Crippen LogP contribution in [0.5, 0.6) is 0 Å². The Hall–Kier alpha value is -2.97. The van der Waals surface area contributed by atoms with Crippen molar-refractivity contribution in [2.75, 3.05) is 44.2 Å². The molecule has 0 radical (unpaired) electrons. The molecule has 0 aliphatic carbocycles. The second-order valence-electron chi connectivity index (χ2n) is 8.73. The lowest BCUT2D eigenvalue weighted by atomic mass is 9.91. The van der Waals surface area contributed by atoms with Crippen molar-refractivity contribution < 1.29 is 13.6 Å². The second kappa shape index (κ2) is 9.72. The molecular weight excluding hydrogens is 460 g/mol. The van der Waals surface area contributed by atoms with E-state index in [4.69, 9.17) is 11.6 Å². The van der Waals surface area contributed by atoms with Gasteiger partial charge in [0.1, 0.15) is 11.5 Å². The van der Waals surface area contributed by atoms with Crippen LogP contribution in [-0.4, -0.2) is 59.9 Å². The Morgan fingerprint density at radius 3 is 2.50 bits per heavy atom. The quantitative estimate of drug-likeness (QED) is 0.601. The molecule has 0 atom stereocenters. The van der Waals surface area contributed by atoms with Crippen molar-refractivity contribution in [3.05, 3.63) is 76.6 Å². The molecule has 3 aromatic rings. The van der Waals surface area contributed by atoms with Gasteiger partial charge in [0.2, 0.25) is 0 Å². The van der Waals surface area contributed by atoms with Crippen LogP contribution in [0.25, 0.3) is 5.69 Å². The highest BCUT2D eigenvalue weighted by atomic mass is 35.5. The summed E-state index contributed by atoms with van der Waals surface area (Å²) >= 11 is 6.13. The number of piperidine rings is 1. The Bertz CT molecular complexity index is 1190. The van der Waals surface area contributed by atoms with Crippen molar-refractivity contribution in [3.63, 3.8) is 0 Å². The number of carbonyl (C=O) groups excluding carboxylic acids is 1. The van der Waals surface area contributed by atoms with Crippen LogP contribution in [-0.2, 0) is 0 Å². The van der Waals surface area contributed by atoms with Gasteiger partial charge in [0.25, 0.3) is 5.91 Å². The molecule has 2 aromatic carbocycles. The van der Waals surface area contributed by atoms with Gasteiger partial charge in [-0.2, -0.15) is 5.10 Å². The first kappa shape index (κ1) is 22.8. The molecule has 0 spiro atoms. The Balaban J connectivity index is 1.42. The van der Waals surface area contributed by atoms with Gasteiger partial charge in [-0.05, 0) is 56.3 Å². The van der Waals surface area contributed by atoms with E-state index in [2.05, 4.69) is 15.3 Å². The van der Waals surface area contributed by atoms with Gasteiger partial charge in [-0.25, -0.2) is 13.5 Å². The van der Waals surface area contributed by atoms with E-state index >= 15 is 0 Å². The lowest BCUT2D eigenvalue weighted by molar-refractivity contribution is 0.0744.